The summed E-state index contributed by atoms with van der Waals surface area (Å²) in [6.45, 7) is 5.00. The molecule has 17 heavy (non-hydrogen) atoms. The maximum absolute atomic E-state index is 11.3. The average molecular weight is 244 g/mol. The fourth-order valence-corrected chi connectivity index (χ4v) is 0.939. The molecule has 8 nitrogen and oxygen atoms in total. The van der Waals surface area contributed by atoms with Crippen molar-refractivity contribution in [1.82, 2.24) is 5.32 Å². The number of azide groups is 1. The number of amides is 1. The second-order valence-corrected chi connectivity index (χ2v) is 4.28. The van der Waals surface area contributed by atoms with Crippen LogP contribution in [0.4, 0.5) is 4.79 Å². The number of carboxylic acid groups (broad SMARTS) is 1. The number of carboxylic acids is 1. The summed E-state index contributed by atoms with van der Waals surface area (Å²) in [7, 11) is 0. The molecule has 0 aliphatic rings. The molecule has 0 fully saturated rings. The van der Waals surface area contributed by atoms with Gasteiger partial charge in [0.25, 0.3) is 0 Å². The molecule has 1 amide bonds. The van der Waals surface area contributed by atoms with Crippen molar-refractivity contribution in [2.45, 2.75) is 38.8 Å². The van der Waals surface area contributed by atoms with Crippen molar-refractivity contribution >= 4 is 12.1 Å². The molecule has 0 aromatic carbocycles. The third kappa shape index (κ3) is 7.92. The number of alkyl carbamates (subject to hydrolysis) is 1. The molecule has 0 spiro atoms. The fourth-order valence-electron chi connectivity index (χ4n) is 0.939. The zero-order valence-corrected chi connectivity index (χ0v) is 10.0. The largest absolute Gasteiger partial charge is 0.480 e. The molecule has 0 aliphatic heterocycles. The maximum Gasteiger partial charge on any atom is 0.408 e. The summed E-state index contributed by atoms with van der Waals surface area (Å²) < 4.78 is 4.91. The predicted molar refractivity (Wildman–Crippen MR) is 59.4 cm³/mol. The molecule has 0 aliphatic carbocycles. The highest BCUT2D eigenvalue weighted by Crippen LogP contribution is 2.07. The van der Waals surface area contributed by atoms with E-state index in [1.54, 1.807) is 20.8 Å². The van der Waals surface area contributed by atoms with Crippen molar-refractivity contribution < 1.29 is 19.4 Å². The van der Waals surface area contributed by atoms with Gasteiger partial charge in [-0.3, -0.25) is 0 Å². The van der Waals surface area contributed by atoms with Crippen molar-refractivity contribution in [2.75, 3.05) is 6.54 Å². The van der Waals surface area contributed by atoms with Crippen LogP contribution in [0.15, 0.2) is 5.11 Å². The van der Waals surface area contributed by atoms with Gasteiger partial charge in [-0.05, 0) is 32.7 Å². The monoisotopic (exact) mass is 244 g/mol. The van der Waals surface area contributed by atoms with E-state index < -0.39 is 23.7 Å². The highest BCUT2D eigenvalue weighted by Gasteiger charge is 2.23. The average Bonchev–Trinajstić information content (AvgIpc) is 2.13. The number of carbonyl (C=O) groups excluding carboxylic acids is 1. The first-order valence-electron chi connectivity index (χ1n) is 4.99. The first-order chi connectivity index (χ1) is 7.76. The third-order valence-electron chi connectivity index (χ3n) is 1.57. The summed E-state index contributed by atoms with van der Waals surface area (Å²) in [6.07, 6.45) is -0.802. The molecule has 2 N–H and O–H groups in total. The number of rotatable bonds is 5. The van der Waals surface area contributed by atoms with Crippen LogP contribution in [0.1, 0.15) is 27.2 Å². The number of nitrogens with one attached hydrogen (secondary N) is 1. The molecular weight excluding hydrogens is 228 g/mol. The zero-order valence-electron chi connectivity index (χ0n) is 10.0. The Morgan fingerprint density at radius 1 is 1.53 bits per heavy atom. The van der Waals surface area contributed by atoms with E-state index in [1.165, 1.54) is 0 Å². The number of aliphatic carboxylic acids is 1. The molecule has 0 aromatic heterocycles. The molecule has 1 unspecified atom stereocenters. The number of ether oxygens (including phenoxy) is 1. The number of carbonyl (C=O) groups is 2. The van der Waals surface area contributed by atoms with Crippen molar-refractivity contribution in [3.8, 4) is 0 Å². The van der Waals surface area contributed by atoms with Gasteiger partial charge in [0.05, 0.1) is 0 Å². The normalized spacial score (nSPS) is 12.2. The molecule has 0 radical (unpaired) electrons. The quantitative estimate of drug-likeness (QED) is 0.433. The number of nitrogens with zero attached hydrogens (tertiary/aromatic N) is 3. The molecule has 0 heterocycles. The topological polar surface area (TPSA) is 124 Å². The lowest BCUT2D eigenvalue weighted by Crippen LogP contribution is -2.43. The fraction of sp³-hybridized carbons (Fsp3) is 0.778. The lowest BCUT2D eigenvalue weighted by atomic mass is 10.2. The first-order valence-corrected chi connectivity index (χ1v) is 4.99. The van der Waals surface area contributed by atoms with E-state index in [9.17, 15) is 9.59 Å². The standard InChI is InChI=1S/C9H16N4O4/c1-9(2,3)17-8(16)12-6(7(14)15)4-5-11-13-10/h6H,4-5H2,1-3H3,(H,12,16)(H,14,15). The van der Waals surface area contributed by atoms with E-state index in [1.807, 2.05) is 0 Å². The second kappa shape index (κ2) is 6.59. The summed E-state index contributed by atoms with van der Waals surface area (Å²) in [5.74, 6) is -1.20. The first kappa shape index (κ1) is 15.0. The number of hydrogen-bond donors (Lipinski definition) is 2. The minimum atomic E-state index is -1.20. The van der Waals surface area contributed by atoms with E-state index in [0.29, 0.717) is 0 Å². The van der Waals surface area contributed by atoms with Crippen LogP contribution in [-0.4, -0.2) is 35.4 Å². The summed E-state index contributed by atoms with van der Waals surface area (Å²) in [5, 5.41) is 14.2. The summed E-state index contributed by atoms with van der Waals surface area (Å²) >= 11 is 0. The SMILES string of the molecule is CC(C)(C)OC(=O)NC(CCN=[N+]=[N-])C(=O)O. The zero-order chi connectivity index (χ0) is 13.5. The van der Waals surface area contributed by atoms with Crippen LogP contribution < -0.4 is 5.32 Å². The van der Waals surface area contributed by atoms with Gasteiger partial charge in [0.15, 0.2) is 0 Å². The Morgan fingerprint density at radius 3 is 2.53 bits per heavy atom. The molecule has 96 valence electrons. The molecule has 0 saturated carbocycles. The van der Waals surface area contributed by atoms with Gasteiger partial charge >= 0.3 is 12.1 Å². The van der Waals surface area contributed by atoms with Gasteiger partial charge in [-0.25, -0.2) is 9.59 Å². The second-order valence-electron chi connectivity index (χ2n) is 4.28. The van der Waals surface area contributed by atoms with E-state index >= 15 is 0 Å². The van der Waals surface area contributed by atoms with Crippen LogP contribution in [-0.2, 0) is 9.53 Å². The lowest BCUT2D eigenvalue weighted by molar-refractivity contribution is -0.139. The molecule has 0 rings (SSSR count). The molecule has 0 saturated heterocycles. The maximum atomic E-state index is 11.3. The van der Waals surface area contributed by atoms with Crippen LogP contribution in [0.3, 0.4) is 0 Å². The van der Waals surface area contributed by atoms with Crippen LogP contribution >= 0.6 is 0 Å². The Morgan fingerprint density at radius 2 is 2.12 bits per heavy atom. The van der Waals surface area contributed by atoms with Crippen LogP contribution in [0.5, 0.6) is 0 Å². The predicted octanol–water partition coefficient (Wildman–Crippen LogP) is 1.66. The summed E-state index contributed by atoms with van der Waals surface area (Å²) in [6, 6.07) is -1.13. The van der Waals surface area contributed by atoms with Gasteiger partial charge in [-0.15, -0.1) is 0 Å². The lowest BCUT2D eigenvalue weighted by Gasteiger charge is -2.21. The highest BCUT2D eigenvalue weighted by molar-refractivity contribution is 5.79. The summed E-state index contributed by atoms with van der Waals surface area (Å²) in [4.78, 5) is 24.6. The molecule has 0 aromatic rings. The van der Waals surface area contributed by atoms with Crippen molar-refractivity contribution in [3.63, 3.8) is 0 Å². The highest BCUT2D eigenvalue weighted by atomic mass is 16.6. The van der Waals surface area contributed by atoms with Crippen molar-refractivity contribution in [2.24, 2.45) is 5.11 Å². The van der Waals surface area contributed by atoms with Crippen molar-refractivity contribution in [1.29, 1.82) is 0 Å². The molecule has 0 bridgehead atoms. The van der Waals surface area contributed by atoms with E-state index in [4.69, 9.17) is 15.4 Å². The summed E-state index contributed by atoms with van der Waals surface area (Å²) in [5.41, 5.74) is 7.35. The Bertz CT molecular complexity index is 330. The van der Waals surface area contributed by atoms with Crippen LogP contribution in [0.25, 0.3) is 10.4 Å². The Kier molecular flexibility index (Phi) is 5.84. The van der Waals surface area contributed by atoms with E-state index in [-0.39, 0.29) is 13.0 Å². The van der Waals surface area contributed by atoms with Crippen LogP contribution in [0.2, 0.25) is 0 Å². The molecular formula is C9H16N4O4. The van der Waals surface area contributed by atoms with E-state index in [0.717, 1.165) is 0 Å². The Hall–Kier alpha value is -1.95. The van der Waals surface area contributed by atoms with Gasteiger partial charge < -0.3 is 15.2 Å². The minimum Gasteiger partial charge on any atom is -0.480 e. The Balaban J connectivity index is 4.30. The smallest absolute Gasteiger partial charge is 0.408 e. The van der Waals surface area contributed by atoms with Crippen molar-refractivity contribution in [3.05, 3.63) is 10.4 Å². The van der Waals surface area contributed by atoms with Gasteiger partial charge in [-0.2, -0.15) is 0 Å². The Labute approximate surface area is 98.6 Å². The third-order valence-corrected chi connectivity index (χ3v) is 1.57. The van der Waals surface area contributed by atoms with Gasteiger partial charge in [0, 0.05) is 11.5 Å². The minimum absolute atomic E-state index is 0.0107. The number of hydrogen-bond acceptors (Lipinski definition) is 4. The van der Waals surface area contributed by atoms with Crippen LogP contribution in [0, 0.1) is 0 Å². The van der Waals surface area contributed by atoms with E-state index in [2.05, 4.69) is 15.3 Å². The van der Waals surface area contributed by atoms with Gasteiger partial charge in [-0.1, -0.05) is 5.11 Å². The molecule has 8 heteroatoms. The molecule has 1 atom stereocenters. The van der Waals surface area contributed by atoms with Gasteiger partial charge in [0.1, 0.15) is 11.6 Å². The van der Waals surface area contributed by atoms with Gasteiger partial charge in [0.2, 0.25) is 0 Å².